The third-order valence-electron chi connectivity index (χ3n) is 4.40. The molecule has 1 fully saturated rings. The number of carbonyl (C=O) groups is 3. The van der Waals surface area contributed by atoms with E-state index in [4.69, 9.17) is 0 Å². The fraction of sp³-hybridized carbons (Fsp3) is 0.300. The molecule has 1 saturated heterocycles. The number of aryl methyl sites for hydroxylation is 2. The highest BCUT2D eigenvalue weighted by Gasteiger charge is 2.33. The summed E-state index contributed by atoms with van der Waals surface area (Å²) in [5.74, 6) is -1.19. The van der Waals surface area contributed by atoms with Gasteiger partial charge in [0, 0.05) is 25.8 Å². The molecular weight excluding hydrogens is 344 g/mol. The Morgan fingerprint density at radius 1 is 0.963 bits per heavy atom. The van der Waals surface area contributed by atoms with Crippen molar-refractivity contribution in [3.05, 3.63) is 59.3 Å². The number of nitrogens with zero attached hydrogens (tertiary/aromatic N) is 3. The first-order chi connectivity index (χ1) is 12.9. The molecule has 3 rings (SSSR count). The number of amides is 3. The maximum atomic E-state index is 12.4. The number of hydrogen-bond donors (Lipinski definition) is 1. The predicted octanol–water partition coefficient (Wildman–Crippen LogP) is 1.51. The van der Waals surface area contributed by atoms with Crippen molar-refractivity contribution in [3.63, 3.8) is 0 Å². The molecule has 0 spiro atoms. The third kappa shape index (κ3) is 4.69. The monoisotopic (exact) mass is 366 g/mol. The summed E-state index contributed by atoms with van der Waals surface area (Å²) in [7, 11) is 0. The van der Waals surface area contributed by atoms with Gasteiger partial charge in [-0.1, -0.05) is 35.9 Å². The highest BCUT2D eigenvalue weighted by atomic mass is 16.2. The van der Waals surface area contributed by atoms with Crippen LogP contribution in [0.4, 0.5) is 5.82 Å². The van der Waals surface area contributed by atoms with E-state index in [-0.39, 0.29) is 12.5 Å². The quantitative estimate of drug-likeness (QED) is 0.813. The van der Waals surface area contributed by atoms with Crippen LogP contribution >= 0.6 is 0 Å². The summed E-state index contributed by atoms with van der Waals surface area (Å²) >= 11 is 0. The van der Waals surface area contributed by atoms with E-state index in [1.807, 2.05) is 44.2 Å². The van der Waals surface area contributed by atoms with Crippen LogP contribution in [0.3, 0.4) is 0 Å². The topological polar surface area (TPSA) is 82.6 Å². The third-order valence-corrected chi connectivity index (χ3v) is 4.40. The Labute approximate surface area is 158 Å². The normalized spacial score (nSPS) is 14.4. The van der Waals surface area contributed by atoms with Crippen molar-refractivity contribution in [2.75, 3.05) is 25.0 Å². The van der Waals surface area contributed by atoms with Crippen LogP contribution in [0.25, 0.3) is 0 Å². The van der Waals surface area contributed by atoms with Crippen LogP contribution in [0.15, 0.2) is 42.6 Å². The number of piperazine rings is 1. The zero-order valence-corrected chi connectivity index (χ0v) is 15.4. The molecule has 0 atom stereocenters. The Kier molecular flexibility index (Phi) is 5.49. The van der Waals surface area contributed by atoms with Gasteiger partial charge in [-0.3, -0.25) is 14.4 Å². The number of aromatic nitrogens is 1. The lowest BCUT2D eigenvalue weighted by molar-refractivity contribution is -0.157. The lowest BCUT2D eigenvalue weighted by Crippen LogP contribution is -2.55. The molecule has 1 aliphatic heterocycles. The molecule has 3 amide bonds. The molecule has 2 aromatic rings. The standard InChI is InChI=1S/C20H22N4O3/c1-14-3-6-16(7-4-14)12-23-9-10-24(20(27)19(23)26)13-18(25)22-17-8-5-15(2)11-21-17/h3-8,11H,9-10,12-13H2,1-2H3,(H,21,22,25). The lowest BCUT2D eigenvalue weighted by atomic mass is 10.1. The van der Waals surface area contributed by atoms with Crippen molar-refractivity contribution in [3.8, 4) is 0 Å². The number of anilines is 1. The van der Waals surface area contributed by atoms with Crippen molar-refractivity contribution in [1.29, 1.82) is 0 Å². The molecule has 0 unspecified atom stereocenters. The predicted molar refractivity (Wildman–Crippen MR) is 101 cm³/mol. The van der Waals surface area contributed by atoms with Crippen LogP contribution in [-0.4, -0.2) is 52.1 Å². The van der Waals surface area contributed by atoms with Crippen LogP contribution in [0, 0.1) is 13.8 Å². The summed E-state index contributed by atoms with van der Waals surface area (Å²) in [5.41, 5.74) is 3.09. The van der Waals surface area contributed by atoms with Crippen molar-refractivity contribution >= 4 is 23.5 Å². The second-order valence-electron chi connectivity index (χ2n) is 6.71. The average molecular weight is 366 g/mol. The van der Waals surface area contributed by atoms with E-state index >= 15 is 0 Å². The summed E-state index contributed by atoms with van der Waals surface area (Å²) < 4.78 is 0. The molecule has 140 valence electrons. The highest BCUT2D eigenvalue weighted by Crippen LogP contribution is 2.12. The summed E-state index contributed by atoms with van der Waals surface area (Å²) in [4.78, 5) is 43.8. The number of carbonyl (C=O) groups excluding carboxylic acids is 3. The van der Waals surface area contributed by atoms with E-state index in [1.54, 1.807) is 12.3 Å². The van der Waals surface area contributed by atoms with E-state index in [1.165, 1.54) is 9.80 Å². The van der Waals surface area contributed by atoms with Gasteiger partial charge in [-0.2, -0.15) is 0 Å². The molecule has 1 aromatic carbocycles. The van der Waals surface area contributed by atoms with E-state index in [2.05, 4.69) is 10.3 Å². The minimum atomic E-state index is -0.652. The van der Waals surface area contributed by atoms with Gasteiger partial charge >= 0.3 is 11.8 Å². The van der Waals surface area contributed by atoms with E-state index in [0.29, 0.717) is 25.5 Å². The molecule has 1 aromatic heterocycles. The van der Waals surface area contributed by atoms with Gasteiger partial charge in [0.05, 0.1) is 0 Å². The molecule has 1 N–H and O–H groups in total. The van der Waals surface area contributed by atoms with E-state index in [0.717, 1.165) is 16.7 Å². The smallest absolute Gasteiger partial charge is 0.312 e. The van der Waals surface area contributed by atoms with Gasteiger partial charge in [0.2, 0.25) is 5.91 Å². The van der Waals surface area contributed by atoms with Crippen LogP contribution < -0.4 is 5.32 Å². The second kappa shape index (κ2) is 7.99. The summed E-state index contributed by atoms with van der Waals surface area (Å²) in [6, 6.07) is 11.4. The van der Waals surface area contributed by atoms with Crippen molar-refractivity contribution in [1.82, 2.24) is 14.8 Å². The molecule has 0 radical (unpaired) electrons. The maximum absolute atomic E-state index is 12.4. The van der Waals surface area contributed by atoms with Gasteiger partial charge in [0.15, 0.2) is 0 Å². The second-order valence-corrected chi connectivity index (χ2v) is 6.71. The molecular formula is C20H22N4O3. The number of hydrogen-bond acceptors (Lipinski definition) is 4. The first-order valence-corrected chi connectivity index (χ1v) is 8.78. The minimum absolute atomic E-state index is 0.168. The van der Waals surface area contributed by atoms with Crippen LogP contribution in [0.5, 0.6) is 0 Å². The molecule has 0 saturated carbocycles. The highest BCUT2D eigenvalue weighted by molar-refractivity contribution is 6.35. The van der Waals surface area contributed by atoms with Crippen molar-refractivity contribution in [2.45, 2.75) is 20.4 Å². The van der Waals surface area contributed by atoms with Gasteiger partial charge in [0.25, 0.3) is 0 Å². The van der Waals surface area contributed by atoms with Crippen LogP contribution in [0.1, 0.15) is 16.7 Å². The zero-order valence-electron chi connectivity index (χ0n) is 15.4. The number of nitrogens with one attached hydrogen (secondary N) is 1. The lowest BCUT2D eigenvalue weighted by Gasteiger charge is -2.33. The Bertz CT molecular complexity index is 847. The number of pyridine rings is 1. The first kappa shape index (κ1) is 18.6. The Balaban J connectivity index is 1.55. The number of rotatable bonds is 5. The molecule has 7 nitrogen and oxygen atoms in total. The van der Waals surface area contributed by atoms with Gasteiger partial charge in [-0.15, -0.1) is 0 Å². The van der Waals surface area contributed by atoms with Crippen molar-refractivity contribution in [2.24, 2.45) is 0 Å². The molecule has 2 heterocycles. The summed E-state index contributed by atoms with van der Waals surface area (Å²) in [6.45, 7) is 4.84. The molecule has 0 aliphatic carbocycles. The first-order valence-electron chi connectivity index (χ1n) is 8.78. The van der Waals surface area contributed by atoms with Gasteiger partial charge in [0.1, 0.15) is 12.4 Å². The fourth-order valence-corrected chi connectivity index (χ4v) is 2.83. The Hall–Kier alpha value is -3.22. The molecule has 27 heavy (non-hydrogen) atoms. The molecule has 7 heteroatoms. The van der Waals surface area contributed by atoms with Crippen LogP contribution in [0.2, 0.25) is 0 Å². The van der Waals surface area contributed by atoms with E-state index < -0.39 is 11.8 Å². The largest absolute Gasteiger partial charge is 0.328 e. The minimum Gasteiger partial charge on any atom is -0.328 e. The maximum Gasteiger partial charge on any atom is 0.312 e. The number of benzene rings is 1. The van der Waals surface area contributed by atoms with Gasteiger partial charge in [-0.05, 0) is 31.0 Å². The Morgan fingerprint density at radius 3 is 2.26 bits per heavy atom. The van der Waals surface area contributed by atoms with Gasteiger partial charge < -0.3 is 15.1 Å². The SMILES string of the molecule is Cc1ccc(CN2CCN(CC(=O)Nc3ccc(C)cn3)C(=O)C2=O)cc1. The van der Waals surface area contributed by atoms with E-state index in [9.17, 15) is 14.4 Å². The van der Waals surface area contributed by atoms with Crippen LogP contribution in [-0.2, 0) is 20.9 Å². The van der Waals surface area contributed by atoms with Crippen molar-refractivity contribution < 1.29 is 14.4 Å². The zero-order chi connectivity index (χ0) is 19.4. The molecule has 0 bridgehead atoms. The Morgan fingerprint density at radius 2 is 1.59 bits per heavy atom. The summed E-state index contributed by atoms with van der Waals surface area (Å²) in [5, 5.41) is 2.64. The summed E-state index contributed by atoms with van der Waals surface area (Å²) in [6.07, 6.45) is 1.65. The fourth-order valence-electron chi connectivity index (χ4n) is 2.83. The average Bonchev–Trinajstić information content (AvgIpc) is 2.65. The van der Waals surface area contributed by atoms with Gasteiger partial charge in [-0.25, -0.2) is 4.98 Å². The molecule has 1 aliphatic rings.